The summed E-state index contributed by atoms with van der Waals surface area (Å²) in [5.41, 5.74) is -2.29. The van der Waals surface area contributed by atoms with Gasteiger partial charge in [0.05, 0.1) is 16.0 Å². The maximum absolute atomic E-state index is 12.1. The number of nitrogens with one attached hydrogen (secondary N) is 3. The fourth-order valence-electron chi connectivity index (χ4n) is 2.78. The molecule has 0 radical (unpaired) electrons. The number of nitro benzene ring substituents is 1. The molecule has 2 aromatic carbocycles. The number of aromatic nitrogens is 2. The molecule has 29 heavy (non-hydrogen) atoms. The van der Waals surface area contributed by atoms with E-state index in [2.05, 4.69) is 15.3 Å². The van der Waals surface area contributed by atoms with E-state index in [9.17, 15) is 34.1 Å². The molecule has 0 aliphatic rings. The molecule has 0 fully saturated rings. The summed E-state index contributed by atoms with van der Waals surface area (Å²) in [7, 11) is -4.86. The third kappa shape index (κ3) is 5.05. The first-order chi connectivity index (χ1) is 13.2. The minimum atomic E-state index is -4.86. The van der Waals surface area contributed by atoms with Crippen molar-refractivity contribution < 1.29 is 19.3 Å². The van der Waals surface area contributed by atoms with Crippen LogP contribution in [0.15, 0.2) is 52.1 Å². The number of nitro groups is 1. The maximum atomic E-state index is 12.1. The number of aromatic amines is 2. The Morgan fingerprint density at radius 3 is 2.31 bits per heavy atom. The van der Waals surface area contributed by atoms with Gasteiger partial charge in [-0.3, -0.25) is 29.6 Å². The first-order valence-electron chi connectivity index (χ1n) is 7.94. The molecule has 154 valence electrons. The predicted molar refractivity (Wildman–Crippen MR) is 110 cm³/mol. The molecule has 0 saturated carbocycles. The fourth-order valence-corrected chi connectivity index (χ4v) is 3.67. The van der Waals surface area contributed by atoms with Crippen LogP contribution in [0, 0.1) is 10.1 Å². The van der Waals surface area contributed by atoms with Crippen LogP contribution >= 0.6 is 24.6 Å². The van der Waals surface area contributed by atoms with E-state index in [1.54, 1.807) is 30.3 Å². The third-order valence-corrected chi connectivity index (χ3v) is 5.16. The van der Waals surface area contributed by atoms with Crippen LogP contribution in [0.5, 0.6) is 0 Å². The van der Waals surface area contributed by atoms with Crippen LogP contribution in [-0.2, 0) is 11.1 Å². The molecule has 0 bridgehead atoms. The van der Waals surface area contributed by atoms with Gasteiger partial charge < -0.3 is 19.8 Å². The number of rotatable bonds is 6. The van der Waals surface area contributed by atoms with Crippen LogP contribution in [0.2, 0.25) is 0 Å². The van der Waals surface area contributed by atoms with Gasteiger partial charge in [0.2, 0.25) is 0 Å². The molecule has 0 aliphatic carbocycles. The van der Waals surface area contributed by atoms with Crippen molar-refractivity contribution in [1.29, 1.82) is 0 Å². The summed E-state index contributed by atoms with van der Waals surface area (Å²) in [5.74, 6) is -1.66. The van der Waals surface area contributed by atoms with E-state index in [0.29, 0.717) is 0 Å². The van der Waals surface area contributed by atoms with Crippen LogP contribution in [-0.4, -0.2) is 24.7 Å². The van der Waals surface area contributed by atoms with Crippen LogP contribution in [0.4, 0.5) is 5.69 Å². The van der Waals surface area contributed by atoms with Crippen LogP contribution < -0.4 is 16.4 Å². The molecule has 13 heteroatoms. The number of nitrogens with zero attached hydrogens (tertiary/aromatic N) is 1. The number of non-ortho nitro benzene ring substituents is 1. The molecule has 3 rings (SSSR count). The number of fused-ring (bicyclic) bond motifs is 1. The number of hydrogen-bond donors (Lipinski definition) is 5. The van der Waals surface area contributed by atoms with Gasteiger partial charge in [-0.2, -0.15) is 0 Å². The van der Waals surface area contributed by atoms with Crippen molar-refractivity contribution >= 4 is 41.3 Å². The highest BCUT2D eigenvalue weighted by atomic mass is 79.9. The highest BCUT2D eigenvalue weighted by molar-refractivity contribution is 8.93. The molecular formula is C16H16BrN4O7P. The second-order valence-corrected chi connectivity index (χ2v) is 7.68. The van der Waals surface area contributed by atoms with Gasteiger partial charge in [0, 0.05) is 24.2 Å². The average Bonchev–Trinajstić information content (AvgIpc) is 2.62. The predicted octanol–water partition coefficient (Wildman–Crippen LogP) is 1.67. The van der Waals surface area contributed by atoms with Gasteiger partial charge >= 0.3 is 18.7 Å². The monoisotopic (exact) mass is 486 g/mol. The smallest absolute Gasteiger partial charge is 0.323 e. The summed E-state index contributed by atoms with van der Waals surface area (Å²) in [6.07, 6.45) is 0. The Morgan fingerprint density at radius 1 is 1.10 bits per heavy atom. The lowest BCUT2D eigenvalue weighted by molar-refractivity contribution is -0.384. The number of hydrogen-bond acceptors (Lipinski definition) is 6. The lowest BCUT2D eigenvalue weighted by Gasteiger charge is -2.21. The molecule has 0 amide bonds. The highest BCUT2D eigenvalue weighted by Gasteiger charge is 2.33. The van der Waals surface area contributed by atoms with Crippen molar-refractivity contribution in [2.45, 2.75) is 12.3 Å². The molecule has 1 unspecified atom stereocenters. The zero-order chi connectivity index (χ0) is 20.5. The van der Waals surface area contributed by atoms with Gasteiger partial charge in [0.15, 0.2) is 0 Å². The van der Waals surface area contributed by atoms with Gasteiger partial charge in [0.25, 0.3) is 5.69 Å². The van der Waals surface area contributed by atoms with E-state index >= 15 is 0 Å². The fraction of sp³-hybridized carbons (Fsp3) is 0.125. The van der Waals surface area contributed by atoms with E-state index in [1.807, 2.05) is 0 Å². The Bertz CT molecular complexity index is 1210. The Labute approximate surface area is 172 Å². The van der Waals surface area contributed by atoms with E-state index in [1.165, 1.54) is 0 Å². The summed E-state index contributed by atoms with van der Waals surface area (Å²) in [6, 6.07) is 10.7. The molecule has 1 atom stereocenters. The molecule has 1 aromatic heterocycles. The lowest BCUT2D eigenvalue weighted by Crippen LogP contribution is -2.30. The molecule has 3 aromatic rings. The minimum Gasteiger partial charge on any atom is -0.323 e. The van der Waals surface area contributed by atoms with Crippen molar-refractivity contribution in [3.05, 3.63) is 84.4 Å². The van der Waals surface area contributed by atoms with Crippen molar-refractivity contribution in [2.75, 3.05) is 0 Å². The highest BCUT2D eigenvalue weighted by Crippen LogP contribution is 2.51. The number of halogens is 1. The quantitative estimate of drug-likeness (QED) is 0.151. The summed E-state index contributed by atoms with van der Waals surface area (Å²) >= 11 is 0. The topological polar surface area (TPSA) is 178 Å². The van der Waals surface area contributed by atoms with Crippen LogP contribution in [0.25, 0.3) is 11.0 Å². The van der Waals surface area contributed by atoms with Crippen molar-refractivity contribution in [3.8, 4) is 0 Å². The van der Waals surface area contributed by atoms with Gasteiger partial charge in [-0.1, -0.05) is 30.3 Å². The lowest BCUT2D eigenvalue weighted by atomic mass is 10.1. The molecule has 1 heterocycles. The van der Waals surface area contributed by atoms with Crippen LogP contribution in [0.3, 0.4) is 0 Å². The van der Waals surface area contributed by atoms with E-state index in [-0.39, 0.29) is 40.1 Å². The van der Waals surface area contributed by atoms with E-state index in [0.717, 1.165) is 17.7 Å². The first kappa shape index (κ1) is 22.7. The molecule has 0 saturated heterocycles. The molecule has 0 spiro atoms. The van der Waals surface area contributed by atoms with Crippen molar-refractivity contribution in [2.24, 2.45) is 0 Å². The number of H-pyrrole nitrogens is 2. The van der Waals surface area contributed by atoms with Crippen LogP contribution in [0.1, 0.15) is 16.9 Å². The Kier molecular flexibility index (Phi) is 6.88. The van der Waals surface area contributed by atoms with Crippen molar-refractivity contribution in [3.63, 3.8) is 0 Å². The second-order valence-electron chi connectivity index (χ2n) is 5.98. The van der Waals surface area contributed by atoms with Gasteiger partial charge in [0.1, 0.15) is 5.78 Å². The summed E-state index contributed by atoms with van der Waals surface area (Å²) in [5, 5.41) is 13.9. The third-order valence-electron chi connectivity index (χ3n) is 4.03. The Morgan fingerprint density at radius 2 is 1.72 bits per heavy atom. The second kappa shape index (κ2) is 8.80. The zero-order valence-corrected chi connectivity index (χ0v) is 17.2. The van der Waals surface area contributed by atoms with Gasteiger partial charge in [-0.25, -0.2) is 0 Å². The first-order valence-corrected chi connectivity index (χ1v) is 9.62. The molecule has 11 nitrogen and oxygen atoms in total. The van der Waals surface area contributed by atoms with Crippen molar-refractivity contribution in [1.82, 2.24) is 15.3 Å². The summed E-state index contributed by atoms with van der Waals surface area (Å²) in [4.78, 5) is 57.8. The van der Waals surface area contributed by atoms with E-state index < -0.39 is 35.1 Å². The molecule has 5 N–H and O–H groups in total. The van der Waals surface area contributed by atoms with E-state index in [4.69, 9.17) is 0 Å². The summed E-state index contributed by atoms with van der Waals surface area (Å²) < 4.78 is 12.1. The van der Waals surface area contributed by atoms with Gasteiger partial charge in [-0.05, 0) is 5.56 Å². The Balaban J connectivity index is 0.00000300. The average molecular weight is 487 g/mol. The summed E-state index contributed by atoms with van der Waals surface area (Å²) in [6.45, 7) is 0.0500. The maximum Gasteiger partial charge on any atom is 0.346 e. The molecular weight excluding hydrogens is 471 g/mol. The normalized spacial score (nSPS) is 12.3. The molecule has 0 aliphatic heterocycles. The standard InChI is InChI=1S/C16H15N4O7P.BrH/c21-14-15(22)19-13-11(6-10(20(23)24)7-12(13)18-14)16(28(25,26)27)17-8-9-4-2-1-3-5-9;/h1-7,16-17H,8H2,(H,18,21)(H,19,22)(H2,25,26,27);1H. The Hall–Kier alpha value is -2.63. The SMILES string of the molecule is Br.O=c1[nH]c2cc([N+](=O)[O-])cc(C(NCc3ccccc3)P(=O)(O)O)c2[nH]c1=O. The zero-order valence-electron chi connectivity index (χ0n) is 14.6. The largest absolute Gasteiger partial charge is 0.346 e. The number of benzene rings is 2. The minimum absolute atomic E-state index is 0. The van der Waals surface area contributed by atoms with Gasteiger partial charge in [-0.15, -0.1) is 17.0 Å².